The van der Waals surface area contributed by atoms with Crippen molar-refractivity contribution in [3.8, 4) is 5.75 Å². The van der Waals surface area contributed by atoms with E-state index in [-0.39, 0.29) is 18.6 Å². The minimum Gasteiger partial charge on any atom is -0.406 e. The number of aliphatic hydroxyl groups excluding tert-OH is 1. The summed E-state index contributed by atoms with van der Waals surface area (Å²) < 4.78 is 40.8. The second-order valence-corrected chi connectivity index (χ2v) is 6.74. The zero-order chi connectivity index (χ0) is 18.3. The zero-order valence-electron chi connectivity index (χ0n) is 13.5. The SMILES string of the molecule is C[C@]1(O)C[C@](c2ccc(OC(F)(F)F)cc2)([C@@H](O)c2ccccn2)C1. The maximum Gasteiger partial charge on any atom is 0.573 e. The van der Waals surface area contributed by atoms with Crippen LogP contribution in [0.5, 0.6) is 5.75 Å². The lowest BCUT2D eigenvalue weighted by Crippen LogP contribution is -2.56. The Hall–Kier alpha value is -2.12. The Morgan fingerprint density at radius 3 is 2.24 bits per heavy atom. The van der Waals surface area contributed by atoms with Crippen LogP contribution in [0.4, 0.5) is 13.2 Å². The molecule has 0 aliphatic heterocycles. The molecule has 7 heteroatoms. The number of rotatable bonds is 4. The molecule has 134 valence electrons. The van der Waals surface area contributed by atoms with Gasteiger partial charge in [-0.1, -0.05) is 18.2 Å². The van der Waals surface area contributed by atoms with Gasteiger partial charge < -0.3 is 14.9 Å². The van der Waals surface area contributed by atoms with Crippen LogP contribution < -0.4 is 4.74 Å². The molecule has 1 atom stereocenters. The fourth-order valence-electron chi connectivity index (χ4n) is 3.67. The number of ether oxygens (including phenoxy) is 1. The number of hydrogen-bond acceptors (Lipinski definition) is 4. The Morgan fingerprint density at radius 1 is 1.12 bits per heavy atom. The van der Waals surface area contributed by atoms with E-state index < -0.39 is 23.5 Å². The lowest BCUT2D eigenvalue weighted by Gasteiger charge is -2.54. The fraction of sp³-hybridized carbons (Fsp3) is 0.389. The fourth-order valence-corrected chi connectivity index (χ4v) is 3.67. The molecule has 1 fully saturated rings. The lowest BCUT2D eigenvalue weighted by atomic mass is 9.53. The summed E-state index contributed by atoms with van der Waals surface area (Å²) in [5, 5.41) is 21.1. The van der Waals surface area contributed by atoms with E-state index in [0.717, 1.165) is 0 Å². The summed E-state index contributed by atoms with van der Waals surface area (Å²) in [5.74, 6) is -0.329. The molecule has 0 radical (unpaired) electrons. The van der Waals surface area contributed by atoms with Gasteiger partial charge >= 0.3 is 6.36 Å². The molecule has 2 N–H and O–H groups in total. The van der Waals surface area contributed by atoms with Gasteiger partial charge in [-0.05, 0) is 49.6 Å². The number of hydrogen-bond donors (Lipinski definition) is 2. The number of alkyl halides is 3. The van der Waals surface area contributed by atoms with Gasteiger partial charge in [-0.25, -0.2) is 0 Å². The molecule has 4 nitrogen and oxygen atoms in total. The van der Waals surface area contributed by atoms with Crippen molar-refractivity contribution in [2.24, 2.45) is 0 Å². The van der Waals surface area contributed by atoms with E-state index in [9.17, 15) is 23.4 Å². The quantitative estimate of drug-likeness (QED) is 0.883. The van der Waals surface area contributed by atoms with Crippen molar-refractivity contribution in [1.82, 2.24) is 4.98 Å². The minimum absolute atomic E-state index is 0.275. The molecule has 0 spiro atoms. The Labute approximate surface area is 142 Å². The summed E-state index contributed by atoms with van der Waals surface area (Å²) in [6.45, 7) is 1.66. The number of aliphatic hydroxyl groups is 2. The summed E-state index contributed by atoms with van der Waals surface area (Å²) in [4.78, 5) is 4.16. The highest BCUT2D eigenvalue weighted by molar-refractivity contribution is 5.38. The van der Waals surface area contributed by atoms with Crippen molar-refractivity contribution in [2.75, 3.05) is 0 Å². The highest BCUT2D eigenvalue weighted by Crippen LogP contribution is 2.56. The zero-order valence-corrected chi connectivity index (χ0v) is 13.5. The first-order chi connectivity index (χ1) is 11.6. The topological polar surface area (TPSA) is 62.6 Å². The average Bonchev–Trinajstić information content (AvgIpc) is 2.51. The molecule has 1 aromatic heterocycles. The summed E-state index contributed by atoms with van der Waals surface area (Å²) in [5.41, 5.74) is -0.675. The monoisotopic (exact) mass is 353 g/mol. The second-order valence-electron chi connectivity index (χ2n) is 6.74. The molecule has 0 saturated heterocycles. The van der Waals surface area contributed by atoms with Crippen LogP contribution in [0, 0.1) is 0 Å². The molecule has 0 bridgehead atoms. The van der Waals surface area contributed by atoms with E-state index in [0.29, 0.717) is 11.3 Å². The van der Waals surface area contributed by atoms with Crippen molar-refractivity contribution in [3.05, 3.63) is 59.9 Å². The predicted octanol–water partition coefficient (Wildman–Crippen LogP) is 3.50. The highest BCUT2D eigenvalue weighted by atomic mass is 19.4. The van der Waals surface area contributed by atoms with Crippen LogP contribution in [-0.4, -0.2) is 27.2 Å². The van der Waals surface area contributed by atoms with Gasteiger partial charge in [0.2, 0.25) is 0 Å². The Balaban J connectivity index is 1.92. The first kappa shape index (κ1) is 17.7. The molecule has 1 heterocycles. The van der Waals surface area contributed by atoms with E-state index in [1.807, 2.05) is 0 Å². The second kappa shape index (κ2) is 6.00. The van der Waals surface area contributed by atoms with Crippen LogP contribution in [0.2, 0.25) is 0 Å². The lowest BCUT2D eigenvalue weighted by molar-refractivity contribution is -0.274. The van der Waals surface area contributed by atoms with E-state index in [1.54, 1.807) is 31.3 Å². The maximum absolute atomic E-state index is 12.3. The molecule has 1 saturated carbocycles. The van der Waals surface area contributed by atoms with Gasteiger partial charge in [-0.15, -0.1) is 13.2 Å². The van der Waals surface area contributed by atoms with Crippen LogP contribution in [0.15, 0.2) is 48.7 Å². The third-order valence-corrected chi connectivity index (χ3v) is 4.55. The predicted molar refractivity (Wildman–Crippen MR) is 83.9 cm³/mol. The molecule has 1 aliphatic rings. The number of halogens is 3. The van der Waals surface area contributed by atoms with Crippen molar-refractivity contribution >= 4 is 0 Å². The smallest absolute Gasteiger partial charge is 0.406 e. The Morgan fingerprint density at radius 2 is 1.76 bits per heavy atom. The molecule has 0 amide bonds. The average molecular weight is 353 g/mol. The van der Waals surface area contributed by atoms with E-state index >= 15 is 0 Å². The number of benzene rings is 1. The third kappa shape index (κ3) is 3.62. The number of pyridine rings is 1. The van der Waals surface area contributed by atoms with Gasteiger partial charge in [-0.3, -0.25) is 4.98 Å². The number of nitrogens with zero attached hydrogens (tertiary/aromatic N) is 1. The normalized spacial score (nSPS) is 27.4. The highest BCUT2D eigenvalue weighted by Gasteiger charge is 2.56. The third-order valence-electron chi connectivity index (χ3n) is 4.55. The largest absolute Gasteiger partial charge is 0.573 e. The van der Waals surface area contributed by atoms with Crippen molar-refractivity contribution in [1.29, 1.82) is 0 Å². The van der Waals surface area contributed by atoms with Crippen molar-refractivity contribution in [2.45, 2.75) is 43.2 Å². The molecule has 3 rings (SSSR count). The maximum atomic E-state index is 12.3. The summed E-state index contributed by atoms with van der Waals surface area (Å²) in [6.07, 6.45) is -3.63. The number of aromatic nitrogens is 1. The molecule has 1 aliphatic carbocycles. The van der Waals surface area contributed by atoms with Crippen molar-refractivity contribution in [3.63, 3.8) is 0 Å². The first-order valence-corrected chi connectivity index (χ1v) is 7.79. The molecule has 1 aromatic carbocycles. The van der Waals surface area contributed by atoms with Crippen molar-refractivity contribution < 1.29 is 28.1 Å². The first-order valence-electron chi connectivity index (χ1n) is 7.79. The molecule has 2 aromatic rings. The Bertz CT molecular complexity index is 721. The van der Waals surface area contributed by atoms with Gasteiger partial charge in [0.1, 0.15) is 11.9 Å². The van der Waals surface area contributed by atoms with Crippen LogP contribution in [0.25, 0.3) is 0 Å². The summed E-state index contributed by atoms with van der Waals surface area (Å²) >= 11 is 0. The molecule has 25 heavy (non-hydrogen) atoms. The molecule has 0 unspecified atom stereocenters. The van der Waals surface area contributed by atoms with Gasteiger partial charge in [0.15, 0.2) is 0 Å². The van der Waals surface area contributed by atoms with Crippen LogP contribution >= 0.6 is 0 Å². The Kier molecular flexibility index (Phi) is 4.25. The minimum atomic E-state index is -4.76. The van der Waals surface area contributed by atoms with E-state index in [1.165, 1.54) is 24.3 Å². The summed E-state index contributed by atoms with van der Waals surface area (Å²) in [6, 6.07) is 10.6. The van der Waals surface area contributed by atoms with Gasteiger partial charge in [0.25, 0.3) is 0 Å². The van der Waals surface area contributed by atoms with E-state index in [4.69, 9.17) is 0 Å². The summed E-state index contributed by atoms with van der Waals surface area (Å²) in [7, 11) is 0. The van der Waals surface area contributed by atoms with Crippen LogP contribution in [0.3, 0.4) is 0 Å². The molecular weight excluding hydrogens is 335 g/mol. The van der Waals surface area contributed by atoms with E-state index in [2.05, 4.69) is 9.72 Å². The molecular formula is C18H18F3NO3. The van der Waals surface area contributed by atoms with Crippen LogP contribution in [0.1, 0.15) is 37.1 Å². The van der Waals surface area contributed by atoms with Gasteiger partial charge in [-0.2, -0.15) is 0 Å². The van der Waals surface area contributed by atoms with Crippen LogP contribution in [-0.2, 0) is 5.41 Å². The van der Waals surface area contributed by atoms with Gasteiger partial charge in [0, 0.05) is 11.6 Å². The van der Waals surface area contributed by atoms with Gasteiger partial charge in [0.05, 0.1) is 11.3 Å². The standard InChI is InChI=1S/C18H18F3NO3/c1-16(24)10-17(11-16,15(23)14-4-2-3-9-22-14)12-5-7-13(8-6-12)25-18(19,20)21/h2-9,15,23-24H,10-11H2,1H3/t15-,16-,17-/m0/s1.